The Morgan fingerprint density at radius 1 is 0.879 bits per heavy atom. The smallest absolute Gasteiger partial charge is 0.229 e. The molecule has 6 rings (SSSR count). The standard InChI is InChI=1S/C31H33N2/c1-6-31(7-2)16-17-32-19-27(28-21(4)10-8-11-22(28)5)33-26-15-14-20(3)18-24(26)23-12-9-13-25(31)29(23)30(32)33/h8-15,18-19H,6-7,16-17H2,1-5H3/q+1. The second-order valence-electron chi connectivity index (χ2n) is 10.1. The van der Waals surface area contributed by atoms with Crippen molar-refractivity contribution in [2.45, 2.75) is 65.8 Å². The zero-order chi connectivity index (χ0) is 22.9. The Kier molecular flexibility index (Phi) is 4.46. The van der Waals surface area contributed by atoms with E-state index in [1.165, 1.54) is 80.1 Å². The summed E-state index contributed by atoms with van der Waals surface area (Å²) in [6.07, 6.45) is 5.96. The quantitative estimate of drug-likeness (QED) is 0.205. The highest BCUT2D eigenvalue weighted by molar-refractivity contribution is 6.13. The summed E-state index contributed by atoms with van der Waals surface area (Å²) in [4.78, 5) is 0. The van der Waals surface area contributed by atoms with E-state index in [2.05, 4.69) is 104 Å². The van der Waals surface area contributed by atoms with Gasteiger partial charge in [-0.05, 0) is 74.3 Å². The zero-order valence-corrected chi connectivity index (χ0v) is 20.5. The summed E-state index contributed by atoms with van der Waals surface area (Å²) in [7, 11) is 0. The van der Waals surface area contributed by atoms with Crippen molar-refractivity contribution in [1.29, 1.82) is 0 Å². The van der Waals surface area contributed by atoms with Crippen LogP contribution in [0.5, 0.6) is 0 Å². The van der Waals surface area contributed by atoms with Gasteiger partial charge in [-0.1, -0.05) is 61.9 Å². The van der Waals surface area contributed by atoms with E-state index in [1.54, 1.807) is 0 Å². The first-order valence-corrected chi connectivity index (χ1v) is 12.5. The van der Waals surface area contributed by atoms with E-state index in [0.29, 0.717) is 0 Å². The molecular formula is C31H33N2+. The van der Waals surface area contributed by atoms with Gasteiger partial charge in [0.15, 0.2) is 5.69 Å². The number of rotatable bonds is 3. The largest absolute Gasteiger partial charge is 0.295 e. The summed E-state index contributed by atoms with van der Waals surface area (Å²) in [5.41, 5.74) is 11.1. The van der Waals surface area contributed by atoms with E-state index in [9.17, 15) is 0 Å². The van der Waals surface area contributed by atoms with Gasteiger partial charge >= 0.3 is 0 Å². The molecule has 3 heterocycles. The minimum Gasteiger partial charge on any atom is -0.229 e. The van der Waals surface area contributed by atoms with Crippen molar-refractivity contribution in [2.75, 3.05) is 0 Å². The Morgan fingerprint density at radius 3 is 2.33 bits per heavy atom. The molecule has 2 heteroatoms. The van der Waals surface area contributed by atoms with Crippen molar-refractivity contribution in [3.05, 3.63) is 83.0 Å². The van der Waals surface area contributed by atoms with Gasteiger partial charge in [-0.2, -0.15) is 4.40 Å². The molecule has 0 N–H and O–H groups in total. The van der Waals surface area contributed by atoms with Gasteiger partial charge in [0.05, 0.1) is 11.9 Å². The first kappa shape index (κ1) is 20.5. The molecule has 0 radical (unpaired) electrons. The average Bonchev–Trinajstić information content (AvgIpc) is 3.12. The molecule has 0 saturated heterocycles. The number of hydrogen-bond donors (Lipinski definition) is 0. The van der Waals surface area contributed by atoms with E-state index in [4.69, 9.17) is 0 Å². The molecule has 0 atom stereocenters. The molecule has 0 spiro atoms. The van der Waals surface area contributed by atoms with Gasteiger partial charge in [-0.3, -0.25) is 0 Å². The van der Waals surface area contributed by atoms with Gasteiger partial charge in [-0.25, -0.2) is 4.57 Å². The van der Waals surface area contributed by atoms with Gasteiger partial charge < -0.3 is 0 Å². The van der Waals surface area contributed by atoms with Gasteiger partial charge in [0.2, 0.25) is 0 Å². The molecule has 1 aliphatic rings. The Bertz CT molecular complexity index is 1540. The molecular weight excluding hydrogens is 400 g/mol. The highest BCUT2D eigenvalue weighted by Crippen LogP contribution is 2.45. The number of fused-ring (bicyclic) bond motifs is 3. The fraction of sp³-hybridized carbons (Fsp3) is 0.323. The van der Waals surface area contributed by atoms with Crippen LogP contribution in [0.15, 0.2) is 60.8 Å². The van der Waals surface area contributed by atoms with Gasteiger partial charge in [0.1, 0.15) is 11.7 Å². The molecule has 0 aliphatic carbocycles. The van der Waals surface area contributed by atoms with E-state index in [1.807, 2.05) is 0 Å². The topological polar surface area (TPSA) is 8.29 Å². The van der Waals surface area contributed by atoms with Crippen molar-refractivity contribution in [3.63, 3.8) is 0 Å². The highest BCUT2D eigenvalue weighted by atomic mass is 15.1. The van der Waals surface area contributed by atoms with Crippen molar-refractivity contribution in [3.8, 4) is 11.3 Å². The molecule has 2 aromatic heterocycles. The van der Waals surface area contributed by atoms with Crippen molar-refractivity contribution >= 4 is 27.3 Å². The molecule has 1 aliphatic heterocycles. The van der Waals surface area contributed by atoms with Crippen LogP contribution in [0, 0.1) is 20.8 Å². The van der Waals surface area contributed by atoms with Crippen molar-refractivity contribution in [1.82, 2.24) is 4.40 Å². The Morgan fingerprint density at radius 2 is 1.61 bits per heavy atom. The summed E-state index contributed by atoms with van der Waals surface area (Å²) >= 11 is 0. The Labute approximate surface area is 196 Å². The average molecular weight is 434 g/mol. The third kappa shape index (κ3) is 2.70. The molecule has 2 nitrogen and oxygen atoms in total. The van der Waals surface area contributed by atoms with Gasteiger partial charge in [0.25, 0.3) is 5.65 Å². The monoisotopic (exact) mass is 433 g/mol. The van der Waals surface area contributed by atoms with Gasteiger partial charge in [-0.15, -0.1) is 0 Å². The lowest BCUT2D eigenvalue weighted by molar-refractivity contribution is -0.670. The second kappa shape index (κ2) is 7.18. The molecule has 3 aromatic carbocycles. The molecule has 33 heavy (non-hydrogen) atoms. The molecule has 0 bridgehead atoms. The second-order valence-corrected chi connectivity index (χ2v) is 10.1. The lowest BCUT2D eigenvalue weighted by atomic mass is 9.72. The first-order valence-electron chi connectivity index (χ1n) is 12.5. The number of benzene rings is 3. The van der Waals surface area contributed by atoms with Crippen LogP contribution < -0.4 is 4.57 Å². The number of aryl methyl sites for hydroxylation is 4. The third-order valence-electron chi connectivity index (χ3n) is 8.47. The van der Waals surface area contributed by atoms with Crippen LogP contribution in [-0.2, 0) is 12.0 Å². The molecule has 0 fully saturated rings. The molecule has 166 valence electrons. The van der Waals surface area contributed by atoms with E-state index < -0.39 is 0 Å². The summed E-state index contributed by atoms with van der Waals surface area (Å²) in [5.74, 6) is 0. The first-order chi connectivity index (χ1) is 16.0. The maximum absolute atomic E-state index is 2.57. The summed E-state index contributed by atoms with van der Waals surface area (Å²) in [6.45, 7) is 12.5. The number of nitrogens with zero attached hydrogens (tertiary/aromatic N) is 2. The van der Waals surface area contributed by atoms with Crippen LogP contribution in [0.4, 0.5) is 0 Å². The van der Waals surface area contributed by atoms with Crippen LogP contribution in [0.1, 0.15) is 55.4 Å². The molecule has 0 saturated carbocycles. The minimum absolute atomic E-state index is 0.224. The number of aromatic nitrogens is 2. The summed E-state index contributed by atoms with van der Waals surface area (Å²) in [6, 6.07) is 20.7. The minimum atomic E-state index is 0.224. The highest BCUT2D eigenvalue weighted by Gasteiger charge is 2.38. The number of hydrogen-bond acceptors (Lipinski definition) is 0. The normalized spacial score (nSPS) is 15.1. The van der Waals surface area contributed by atoms with E-state index in [-0.39, 0.29) is 5.41 Å². The van der Waals surface area contributed by atoms with Crippen LogP contribution in [-0.4, -0.2) is 4.40 Å². The van der Waals surface area contributed by atoms with E-state index >= 15 is 0 Å². The van der Waals surface area contributed by atoms with Crippen LogP contribution in [0.25, 0.3) is 38.6 Å². The summed E-state index contributed by atoms with van der Waals surface area (Å²) in [5, 5.41) is 4.21. The number of imidazole rings is 1. The fourth-order valence-electron chi connectivity index (χ4n) is 6.55. The van der Waals surface area contributed by atoms with Crippen LogP contribution in [0.3, 0.4) is 0 Å². The SMILES string of the molecule is CCC1(CC)CC[n+]2cc(-c3c(C)cccc3C)n3c4ccc(C)cc4c4cccc1c4c32. The number of pyridine rings is 1. The maximum atomic E-state index is 2.57. The summed E-state index contributed by atoms with van der Waals surface area (Å²) < 4.78 is 5.12. The fourth-order valence-corrected chi connectivity index (χ4v) is 6.55. The lowest BCUT2D eigenvalue weighted by Gasteiger charge is -2.31. The third-order valence-corrected chi connectivity index (χ3v) is 8.47. The Hall–Kier alpha value is -3.13. The lowest BCUT2D eigenvalue weighted by Crippen LogP contribution is -2.35. The zero-order valence-electron chi connectivity index (χ0n) is 20.5. The van der Waals surface area contributed by atoms with Crippen molar-refractivity contribution in [2.24, 2.45) is 0 Å². The van der Waals surface area contributed by atoms with Crippen molar-refractivity contribution < 1.29 is 4.57 Å². The molecule has 0 unspecified atom stereocenters. The predicted octanol–water partition coefficient (Wildman–Crippen LogP) is 7.59. The van der Waals surface area contributed by atoms with Crippen LogP contribution >= 0.6 is 0 Å². The molecule has 0 amide bonds. The van der Waals surface area contributed by atoms with Gasteiger partial charge in [0, 0.05) is 16.3 Å². The predicted molar refractivity (Wildman–Crippen MR) is 139 cm³/mol. The van der Waals surface area contributed by atoms with Crippen LogP contribution in [0.2, 0.25) is 0 Å². The Balaban J connectivity index is 1.91. The molecule has 5 aromatic rings. The van der Waals surface area contributed by atoms with E-state index in [0.717, 1.165) is 6.54 Å². The maximum Gasteiger partial charge on any atom is 0.295 e.